The number of nitrogens with zero attached hydrogens (tertiary/aromatic N) is 2. The van der Waals surface area contributed by atoms with Crippen molar-refractivity contribution >= 4 is 45.9 Å². The van der Waals surface area contributed by atoms with E-state index in [1.165, 1.54) is 25.0 Å². The number of nitrogens with one attached hydrogen (secondary N) is 2. The van der Waals surface area contributed by atoms with E-state index in [4.69, 9.17) is 0 Å². The Morgan fingerprint density at radius 2 is 1.62 bits per heavy atom. The molecule has 6 nitrogen and oxygen atoms in total. The van der Waals surface area contributed by atoms with Crippen molar-refractivity contribution in [3.05, 3.63) is 54.9 Å². The Kier molecular flexibility index (Phi) is 5.48. The number of thioether (sulfide) groups is 1. The van der Waals surface area contributed by atoms with Crippen molar-refractivity contribution in [1.82, 2.24) is 9.97 Å². The van der Waals surface area contributed by atoms with E-state index in [9.17, 15) is 9.59 Å². The van der Waals surface area contributed by atoms with Crippen molar-refractivity contribution in [3.63, 3.8) is 0 Å². The smallest absolute Gasteiger partial charge is 0.237 e. The summed E-state index contributed by atoms with van der Waals surface area (Å²) in [5, 5.41) is 6.94. The summed E-state index contributed by atoms with van der Waals surface area (Å²) in [5.41, 5.74) is 2.21. The molecule has 132 valence electrons. The van der Waals surface area contributed by atoms with Crippen molar-refractivity contribution in [2.75, 3.05) is 10.6 Å². The molecule has 0 fully saturated rings. The van der Waals surface area contributed by atoms with Crippen LogP contribution in [0, 0.1) is 0 Å². The van der Waals surface area contributed by atoms with Crippen LogP contribution in [0.15, 0.2) is 59.9 Å². The lowest BCUT2D eigenvalue weighted by Gasteiger charge is -2.13. The van der Waals surface area contributed by atoms with Crippen molar-refractivity contribution < 1.29 is 9.59 Å². The average Bonchev–Trinajstić information content (AvgIpc) is 2.63. The van der Waals surface area contributed by atoms with Gasteiger partial charge in [0, 0.05) is 23.7 Å². The highest BCUT2D eigenvalue weighted by atomic mass is 32.2. The number of fused-ring (bicyclic) bond motifs is 1. The molecule has 0 aliphatic carbocycles. The molecule has 26 heavy (non-hydrogen) atoms. The summed E-state index contributed by atoms with van der Waals surface area (Å²) >= 11 is 1.39. The number of amides is 2. The molecule has 0 bridgehead atoms. The van der Waals surface area contributed by atoms with Crippen LogP contribution in [0.4, 0.5) is 11.4 Å². The largest absolute Gasteiger partial charge is 0.326 e. The summed E-state index contributed by atoms with van der Waals surface area (Å²) < 4.78 is 0. The topological polar surface area (TPSA) is 84.0 Å². The van der Waals surface area contributed by atoms with Gasteiger partial charge in [-0.2, -0.15) is 0 Å². The SMILES string of the molecule is CC(=O)Nc1ccc(NC(=O)C(C)Sc2ncnc3ccccc23)cc1. The second-order valence-corrected chi connectivity index (χ2v) is 7.03. The molecule has 0 aliphatic heterocycles. The highest BCUT2D eigenvalue weighted by Gasteiger charge is 2.17. The van der Waals surface area contributed by atoms with Crippen molar-refractivity contribution in [3.8, 4) is 0 Å². The van der Waals surface area contributed by atoms with Gasteiger partial charge in [0.1, 0.15) is 11.4 Å². The van der Waals surface area contributed by atoms with Gasteiger partial charge in [-0.3, -0.25) is 9.59 Å². The van der Waals surface area contributed by atoms with Gasteiger partial charge < -0.3 is 10.6 Å². The molecule has 2 N–H and O–H groups in total. The van der Waals surface area contributed by atoms with Crippen LogP contribution in [-0.2, 0) is 9.59 Å². The first-order chi connectivity index (χ1) is 12.5. The Hall–Kier alpha value is -2.93. The molecule has 1 atom stereocenters. The van der Waals surface area contributed by atoms with E-state index >= 15 is 0 Å². The Bertz CT molecular complexity index is 938. The lowest BCUT2D eigenvalue weighted by molar-refractivity contribution is -0.115. The fourth-order valence-corrected chi connectivity index (χ4v) is 3.29. The molecule has 1 aromatic heterocycles. The third-order valence-electron chi connectivity index (χ3n) is 3.64. The minimum atomic E-state index is -0.330. The maximum atomic E-state index is 12.5. The molecule has 3 rings (SSSR count). The number of carbonyl (C=O) groups excluding carboxylic acids is 2. The van der Waals surface area contributed by atoms with Gasteiger partial charge in [-0.15, -0.1) is 0 Å². The van der Waals surface area contributed by atoms with Crippen molar-refractivity contribution in [1.29, 1.82) is 0 Å². The number of aromatic nitrogens is 2. The first-order valence-corrected chi connectivity index (χ1v) is 8.96. The first-order valence-electron chi connectivity index (χ1n) is 8.08. The van der Waals surface area contributed by atoms with Crippen LogP contribution in [0.1, 0.15) is 13.8 Å². The number of hydrogen-bond acceptors (Lipinski definition) is 5. The van der Waals surface area contributed by atoms with Gasteiger partial charge in [0.05, 0.1) is 10.8 Å². The summed E-state index contributed by atoms with van der Waals surface area (Å²) in [7, 11) is 0. The monoisotopic (exact) mass is 366 g/mol. The quantitative estimate of drug-likeness (QED) is 0.531. The molecular formula is C19H18N4O2S. The predicted molar refractivity (Wildman–Crippen MR) is 104 cm³/mol. The average molecular weight is 366 g/mol. The maximum absolute atomic E-state index is 12.5. The Labute approximate surface area is 155 Å². The molecule has 1 unspecified atom stereocenters. The van der Waals surface area contributed by atoms with E-state index < -0.39 is 0 Å². The van der Waals surface area contributed by atoms with Crippen LogP contribution in [0.2, 0.25) is 0 Å². The number of benzene rings is 2. The molecule has 7 heteroatoms. The van der Waals surface area contributed by atoms with Crippen LogP contribution >= 0.6 is 11.8 Å². The van der Waals surface area contributed by atoms with Gasteiger partial charge in [0.25, 0.3) is 0 Å². The molecule has 2 amide bonds. The third-order valence-corrected chi connectivity index (χ3v) is 4.75. The molecule has 0 saturated carbocycles. The van der Waals surface area contributed by atoms with Gasteiger partial charge in [0.2, 0.25) is 11.8 Å². The zero-order chi connectivity index (χ0) is 18.5. The lowest BCUT2D eigenvalue weighted by atomic mass is 10.2. The highest BCUT2D eigenvalue weighted by Crippen LogP contribution is 2.28. The Morgan fingerprint density at radius 3 is 2.31 bits per heavy atom. The summed E-state index contributed by atoms with van der Waals surface area (Å²) in [6.07, 6.45) is 1.51. The van der Waals surface area contributed by atoms with E-state index in [2.05, 4.69) is 20.6 Å². The van der Waals surface area contributed by atoms with E-state index in [0.717, 1.165) is 15.9 Å². The molecule has 0 spiro atoms. The number of anilines is 2. The minimum Gasteiger partial charge on any atom is -0.326 e. The van der Waals surface area contributed by atoms with Gasteiger partial charge in [-0.05, 0) is 37.3 Å². The molecule has 3 aromatic rings. The van der Waals surface area contributed by atoms with Gasteiger partial charge in [0.15, 0.2) is 0 Å². The van der Waals surface area contributed by atoms with Gasteiger partial charge in [-0.25, -0.2) is 9.97 Å². The van der Waals surface area contributed by atoms with Crippen LogP contribution in [0.3, 0.4) is 0 Å². The fraction of sp³-hybridized carbons (Fsp3) is 0.158. The van der Waals surface area contributed by atoms with E-state index in [-0.39, 0.29) is 17.1 Å². The summed E-state index contributed by atoms with van der Waals surface area (Å²) in [6.45, 7) is 3.29. The summed E-state index contributed by atoms with van der Waals surface area (Å²) in [6, 6.07) is 14.7. The van der Waals surface area contributed by atoms with E-state index in [0.29, 0.717) is 11.4 Å². The Morgan fingerprint density at radius 1 is 0.962 bits per heavy atom. The second-order valence-electron chi connectivity index (χ2n) is 5.70. The zero-order valence-corrected chi connectivity index (χ0v) is 15.2. The zero-order valence-electron chi connectivity index (χ0n) is 14.4. The van der Waals surface area contributed by atoms with Crippen molar-refractivity contribution in [2.45, 2.75) is 24.1 Å². The fourth-order valence-electron chi connectivity index (χ4n) is 2.38. The van der Waals surface area contributed by atoms with Crippen molar-refractivity contribution in [2.24, 2.45) is 0 Å². The highest BCUT2D eigenvalue weighted by molar-refractivity contribution is 8.00. The van der Waals surface area contributed by atoms with Gasteiger partial charge >= 0.3 is 0 Å². The summed E-state index contributed by atoms with van der Waals surface area (Å²) in [5.74, 6) is -0.256. The normalized spacial score (nSPS) is 11.8. The minimum absolute atomic E-state index is 0.120. The van der Waals surface area contributed by atoms with Crippen LogP contribution in [-0.4, -0.2) is 27.0 Å². The standard InChI is InChI=1S/C19H18N4O2S/c1-12(26-19-16-5-3-4-6-17(16)20-11-21-19)18(25)23-15-9-7-14(8-10-15)22-13(2)24/h3-12H,1-2H3,(H,22,24)(H,23,25). The van der Waals surface area contributed by atoms with E-state index in [1.807, 2.05) is 31.2 Å². The summed E-state index contributed by atoms with van der Waals surface area (Å²) in [4.78, 5) is 32.1. The number of hydrogen-bond donors (Lipinski definition) is 2. The predicted octanol–water partition coefficient (Wildman–Crippen LogP) is 3.71. The third kappa shape index (κ3) is 4.37. The molecular weight excluding hydrogens is 348 g/mol. The molecule has 0 aliphatic rings. The number of para-hydroxylation sites is 1. The molecule has 0 saturated heterocycles. The molecule has 1 heterocycles. The van der Waals surface area contributed by atoms with Gasteiger partial charge in [-0.1, -0.05) is 30.0 Å². The first kappa shape index (κ1) is 17.9. The number of carbonyl (C=O) groups is 2. The second kappa shape index (κ2) is 7.97. The van der Waals surface area contributed by atoms with Crippen LogP contribution in [0.5, 0.6) is 0 Å². The lowest BCUT2D eigenvalue weighted by Crippen LogP contribution is -2.22. The molecule has 0 radical (unpaired) electrons. The number of rotatable bonds is 5. The van der Waals surface area contributed by atoms with Crippen LogP contribution < -0.4 is 10.6 Å². The molecule has 2 aromatic carbocycles. The maximum Gasteiger partial charge on any atom is 0.237 e. The van der Waals surface area contributed by atoms with E-state index in [1.54, 1.807) is 24.3 Å². The van der Waals surface area contributed by atoms with Crippen LogP contribution in [0.25, 0.3) is 10.9 Å². The Balaban J connectivity index is 1.67.